The van der Waals surface area contributed by atoms with Gasteiger partial charge in [-0.05, 0) is 44.0 Å². The second-order valence-corrected chi connectivity index (χ2v) is 6.95. The number of sulfonamides is 1. The number of unbranched alkanes of at least 4 members (excludes halogenated alkanes) is 1. The second-order valence-electron chi connectivity index (χ2n) is 5.06. The van der Waals surface area contributed by atoms with Gasteiger partial charge in [-0.15, -0.1) is 0 Å². The molecule has 0 aromatic heterocycles. The second kappa shape index (κ2) is 7.56. The van der Waals surface area contributed by atoms with Gasteiger partial charge in [-0.1, -0.05) is 20.3 Å². The Morgan fingerprint density at radius 1 is 1.24 bits per heavy atom. The molecule has 0 aliphatic carbocycles. The summed E-state index contributed by atoms with van der Waals surface area (Å²) in [4.78, 5) is 11.0. The summed E-state index contributed by atoms with van der Waals surface area (Å²) in [6, 6.07) is 5.29. The molecule has 0 spiro atoms. The molecule has 0 amide bonds. The zero-order chi connectivity index (χ0) is 16.0. The zero-order valence-electron chi connectivity index (χ0n) is 12.7. The van der Waals surface area contributed by atoms with Crippen LogP contribution in [0.4, 0.5) is 0 Å². The van der Waals surface area contributed by atoms with E-state index in [1.807, 2.05) is 20.8 Å². The van der Waals surface area contributed by atoms with Crippen LogP contribution in [-0.4, -0.2) is 36.4 Å². The van der Waals surface area contributed by atoms with E-state index in [-0.39, 0.29) is 16.5 Å². The molecule has 21 heavy (non-hydrogen) atoms. The SMILES string of the molecule is CCCCN(C(C)CC)S(=O)(=O)c1ccc(C(=O)O)cc1. The third kappa shape index (κ3) is 4.28. The molecule has 1 rings (SSSR count). The van der Waals surface area contributed by atoms with Crippen LogP contribution in [0.2, 0.25) is 0 Å². The predicted octanol–water partition coefficient (Wildman–Crippen LogP) is 2.97. The minimum absolute atomic E-state index is 0.0811. The number of nitrogens with zero attached hydrogens (tertiary/aromatic N) is 1. The molecule has 1 unspecified atom stereocenters. The van der Waals surface area contributed by atoms with Crippen LogP contribution in [0, 0.1) is 0 Å². The molecule has 6 heteroatoms. The van der Waals surface area contributed by atoms with Gasteiger partial charge in [0.15, 0.2) is 0 Å². The molecule has 0 radical (unpaired) electrons. The number of benzene rings is 1. The van der Waals surface area contributed by atoms with Crippen LogP contribution in [0.3, 0.4) is 0 Å². The molecule has 1 N–H and O–H groups in total. The highest BCUT2D eigenvalue weighted by Gasteiger charge is 2.27. The maximum atomic E-state index is 12.7. The summed E-state index contributed by atoms with van der Waals surface area (Å²) in [5.41, 5.74) is 0.0811. The third-order valence-corrected chi connectivity index (χ3v) is 5.55. The summed E-state index contributed by atoms with van der Waals surface area (Å²) in [5, 5.41) is 8.87. The topological polar surface area (TPSA) is 74.7 Å². The van der Waals surface area contributed by atoms with Crippen LogP contribution in [0.25, 0.3) is 0 Å². The molecule has 5 nitrogen and oxygen atoms in total. The summed E-state index contributed by atoms with van der Waals surface area (Å²) in [6.45, 7) is 6.34. The molecule has 1 atom stereocenters. The molecule has 1 aromatic rings. The lowest BCUT2D eigenvalue weighted by Crippen LogP contribution is -2.39. The van der Waals surface area contributed by atoms with Crippen molar-refractivity contribution in [3.63, 3.8) is 0 Å². The van der Waals surface area contributed by atoms with E-state index in [1.54, 1.807) is 0 Å². The standard InChI is InChI=1S/C15H23NO4S/c1-4-6-11-16(12(3)5-2)21(19,20)14-9-7-13(8-10-14)15(17)18/h7-10,12H,4-6,11H2,1-3H3,(H,17,18). The monoisotopic (exact) mass is 313 g/mol. The first-order valence-electron chi connectivity index (χ1n) is 7.19. The summed E-state index contributed by atoms with van der Waals surface area (Å²) in [6.07, 6.45) is 2.45. The quantitative estimate of drug-likeness (QED) is 0.800. The highest BCUT2D eigenvalue weighted by molar-refractivity contribution is 7.89. The maximum absolute atomic E-state index is 12.7. The van der Waals surface area contributed by atoms with Crippen LogP contribution < -0.4 is 0 Å². The van der Waals surface area contributed by atoms with E-state index in [9.17, 15) is 13.2 Å². The van der Waals surface area contributed by atoms with Crippen molar-refractivity contribution in [2.75, 3.05) is 6.54 Å². The van der Waals surface area contributed by atoms with Crippen LogP contribution in [0.15, 0.2) is 29.2 Å². The number of carboxylic acids is 1. The average molecular weight is 313 g/mol. The highest BCUT2D eigenvalue weighted by Crippen LogP contribution is 2.21. The first kappa shape index (κ1) is 17.7. The number of rotatable bonds is 8. The smallest absolute Gasteiger partial charge is 0.335 e. The van der Waals surface area contributed by atoms with Gasteiger partial charge in [0.1, 0.15) is 0 Å². The third-order valence-electron chi connectivity index (χ3n) is 3.52. The van der Waals surface area contributed by atoms with Crippen molar-refractivity contribution < 1.29 is 18.3 Å². The lowest BCUT2D eigenvalue weighted by molar-refractivity contribution is 0.0696. The van der Waals surface area contributed by atoms with Crippen LogP contribution in [0.1, 0.15) is 50.4 Å². The summed E-state index contributed by atoms with van der Waals surface area (Å²) < 4.78 is 26.9. The Morgan fingerprint density at radius 2 is 1.81 bits per heavy atom. The van der Waals surface area contributed by atoms with E-state index in [0.717, 1.165) is 19.3 Å². The van der Waals surface area contributed by atoms with Crippen molar-refractivity contribution in [1.82, 2.24) is 4.31 Å². The fraction of sp³-hybridized carbons (Fsp3) is 0.533. The average Bonchev–Trinajstić information content (AvgIpc) is 2.47. The van der Waals surface area contributed by atoms with Crippen LogP contribution in [0.5, 0.6) is 0 Å². The van der Waals surface area contributed by atoms with Gasteiger partial charge in [0.05, 0.1) is 10.5 Å². The molecule has 0 saturated carbocycles. The van der Waals surface area contributed by atoms with Crippen molar-refractivity contribution in [3.05, 3.63) is 29.8 Å². The Hall–Kier alpha value is -1.40. The minimum atomic E-state index is -3.59. The van der Waals surface area contributed by atoms with Crippen molar-refractivity contribution in [2.24, 2.45) is 0 Å². The van der Waals surface area contributed by atoms with Gasteiger partial charge in [-0.2, -0.15) is 4.31 Å². The van der Waals surface area contributed by atoms with Gasteiger partial charge in [0, 0.05) is 12.6 Å². The van der Waals surface area contributed by atoms with Gasteiger partial charge < -0.3 is 5.11 Å². The van der Waals surface area contributed by atoms with E-state index in [2.05, 4.69) is 0 Å². The van der Waals surface area contributed by atoms with Crippen molar-refractivity contribution in [2.45, 2.75) is 51.0 Å². The maximum Gasteiger partial charge on any atom is 0.335 e. The summed E-state index contributed by atoms with van der Waals surface area (Å²) in [5.74, 6) is -1.07. The largest absolute Gasteiger partial charge is 0.478 e. The Labute approximate surface area is 126 Å². The highest BCUT2D eigenvalue weighted by atomic mass is 32.2. The summed E-state index contributed by atoms with van der Waals surface area (Å²) >= 11 is 0. The molecule has 0 aliphatic heterocycles. The van der Waals surface area contributed by atoms with Gasteiger partial charge in [-0.3, -0.25) is 0 Å². The molecule has 1 aromatic carbocycles. The Kier molecular flexibility index (Phi) is 6.36. The van der Waals surface area contributed by atoms with E-state index in [0.29, 0.717) is 6.54 Å². The Morgan fingerprint density at radius 3 is 2.24 bits per heavy atom. The molecule has 0 aliphatic rings. The number of hydrogen-bond acceptors (Lipinski definition) is 3. The Balaban J connectivity index is 3.12. The van der Waals surface area contributed by atoms with Gasteiger partial charge in [-0.25, -0.2) is 13.2 Å². The number of carboxylic acid groups (broad SMARTS) is 1. The fourth-order valence-corrected chi connectivity index (χ4v) is 3.74. The van der Waals surface area contributed by atoms with Gasteiger partial charge >= 0.3 is 5.97 Å². The Bertz CT molecular complexity index is 566. The zero-order valence-corrected chi connectivity index (χ0v) is 13.6. The molecule has 0 heterocycles. The molecular weight excluding hydrogens is 290 g/mol. The first-order valence-corrected chi connectivity index (χ1v) is 8.63. The van der Waals surface area contributed by atoms with E-state index < -0.39 is 16.0 Å². The van der Waals surface area contributed by atoms with Crippen LogP contribution >= 0.6 is 0 Å². The van der Waals surface area contributed by atoms with Crippen LogP contribution in [-0.2, 0) is 10.0 Å². The number of aromatic carboxylic acids is 1. The molecule has 0 saturated heterocycles. The lowest BCUT2D eigenvalue weighted by Gasteiger charge is -2.27. The van der Waals surface area contributed by atoms with Gasteiger partial charge in [0.25, 0.3) is 0 Å². The normalized spacial score (nSPS) is 13.3. The van der Waals surface area contributed by atoms with E-state index in [4.69, 9.17) is 5.11 Å². The lowest BCUT2D eigenvalue weighted by atomic mass is 10.2. The predicted molar refractivity (Wildman–Crippen MR) is 82.0 cm³/mol. The van der Waals surface area contributed by atoms with E-state index >= 15 is 0 Å². The summed E-state index contributed by atoms with van der Waals surface area (Å²) in [7, 11) is -3.59. The molecule has 118 valence electrons. The van der Waals surface area contributed by atoms with Crippen molar-refractivity contribution >= 4 is 16.0 Å². The fourth-order valence-electron chi connectivity index (χ4n) is 2.00. The molecular formula is C15H23NO4S. The van der Waals surface area contributed by atoms with E-state index in [1.165, 1.54) is 28.6 Å². The number of hydrogen-bond donors (Lipinski definition) is 1. The van der Waals surface area contributed by atoms with Crippen molar-refractivity contribution in [1.29, 1.82) is 0 Å². The number of carbonyl (C=O) groups is 1. The van der Waals surface area contributed by atoms with Gasteiger partial charge in [0.2, 0.25) is 10.0 Å². The van der Waals surface area contributed by atoms with Crippen molar-refractivity contribution in [3.8, 4) is 0 Å². The molecule has 0 fully saturated rings. The first-order chi connectivity index (χ1) is 9.84. The molecule has 0 bridgehead atoms. The minimum Gasteiger partial charge on any atom is -0.478 e.